The summed E-state index contributed by atoms with van der Waals surface area (Å²) in [6.45, 7) is 8.28. The van der Waals surface area contributed by atoms with Gasteiger partial charge in [0.05, 0.1) is 11.8 Å². The Hall–Kier alpha value is -1.61. The van der Waals surface area contributed by atoms with Gasteiger partial charge in [0.25, 0.3) is 0 Å². The Morgan fingerprint density at radius 1 is 1.20 bits per heavy atom. The van der Waals surface area contributed by atoms with Gasteiger partial charge < -0.3 is 5.11 Å². The quantitative estimate of drug-likeness (QED) is 0.927. The maximum Gasteiger partial charge on any atom is 0.0795 e. The summed E-state index contributed by atoms with van der Waals surface area (Å²) in [7, 11) is 1.97. The van der Waals surface area contributed by atoms with E-state index in [1.165, 1.54) is 22.4 Å². The molecule has 1 unspecified atom stereocenters. The first-order valence-electron chi connectivity index (χ1n) is 7.15. The number of hydrogen-bond donors (Lipinski definition) is 1. The van der Waals surface area contributed by atoms with E-state index in [1.807, 2.05) is 30.8 Å². The molecule has 1 aromatic carbocycles. The summed E-state index contributed by atoms with van der Waals surface area (Å²) >= 11 is 0. The van der Waals surface area contributed by atoms with Crippen LogP contribution < -0.4 is 0 Å². The van der Waals surface area contributed by atoms with E-state index < -0.39 is 6.10 Å². The maximum absolute atomic E-state index is 10.4. The average Bonchev–Trinajstić information content (AvgIpc) is 2.64. The molecule has 0 spiro atoms. The van der Waals surface area contributed by atoms with Gasteiger partial charge in [-0.3, -0.25) is 4.68 Å². The fraction of sp³-hybridized carbons (Fsp3) is 0.471. The van der Waals surface area contributed by atoms with Crippen LogP contribution in [0.4, 0.5) is 0 Å². The molecule has 1 heterocycles. The van der Waals surface area contributed by atoms with E-state index >= 15 is 0 Å². The lowest BCUT2D eigenvalue weighted by Crippen LogP contribution is -2.04. The second-order valence-electron chi connectivity index (χ2n) is 5.62. The van der Waals surface area contributed by atoms with Crippen LogP contribution in [0.5, 0.6) is 0 Å². The molecule has 1 aromatic heterocycles. The molecule has 2 rings (SSSR count). The third kappa shape index (κ3) is 2.78. The Morgan fingerprint density at radius 2 is 1.90 bits per heavy atom. The van der Waals surface area contributed by atoms with Crippen molar-refractivity contribution >= 4 is 0 Å². The molecule has 0 radical (unpaired) electrons. The van der Waals surface area contributed by atoms with E-state index in [0.717, 1.165) is 24.1 Å². The second kappa shape index (κ2) is 5.80. The summed E-state index contributed by atoms with van der Waals surface area (Å²) in [5, 5.41) is 14.9. The molecule has 0 fully saturated rings. The van der Waals surface area contributed by atoms with Crippen molar-refractivity contribution in [2.75, 3.05) is 0 Å². The number of hydrogen-bond acceptors (Lipinski definition) is 2. The molecule has 3 heteroatoms. The van der Waals surface area contributed by atoms with Crippen LogP contribution in [0.3, 0.4) is 0 Å². The van der Waals surface area contributed by atoms with Crippen molar-refractivity contribution in [3.05, 3.63) is 51.8 Å². The van der Waals surface area contributed by atoms with Crippen LogP contribution in [0, 0.1) is 27.7 Å². The minimum absolute atomic E-state index is 0.408. The van der Waals surface area contributed by atoms with Crippen molar-refractivity contribution < 1.29 is 5.11 Å². The Labute approximate surface area is 121 Å². The van der Waals surface area contributed by atoms with Gasteiger partial charge in [0.1, 0.15) is 0 Å². The van der Waals surface area contributed by atoms with E-state index in [2.05, 4.69) is 31.9 Å². The Kier molecular flexibility index (Phi) is 4.29. The summed E-state index contributed by atoms with van der Waals surface area (Å²) in [6, 6.07) is 6.12. The summed E-state index contributed by atoms with van der Waals surface area (Å²) < 4.78 is 1.91. The molecular formula is C17H24N2O. The molecule has 2 aromatic rings. The van der Waals surface area contributed by atoms with Gasteiger partial charge in [0.2, 0.25) is 0 Å². The number of aryl methyl sites for hydroxylation is 3. The van der Waals surface area contributed by atoms with Gasteiger partial charge >= 0.3 is 0 Å². The van der Waals surface area contributed by atoms with Crippen molar-refractivity contribution in [3.63, 3.8) is 0 Å². The zero-order valence-corrected chi connectivity index (χ0v) is 13.1. The molecule has 108 valence electrons. The fourth-order valence-electron chi connectivity index (χ4n) is 2.75. The standard InChI is InChI=1S/C17H24N2O/c1-11-7-6-8-15(12(11)2)17(20)10-9-16-13(3)18-19(5)14(16)4/h6-8,17,20H,9-10H2,1-5H3. The molecule has 1 atom stereocenters. The summed E-state index contributed by atoms with van der Waals surface area (Å²) in [4.78, 5) is 0. The Morgan fingerprint density at radius 3 is 2.50 bits per heavy atom. The van der Waals surface area contributed by atoms with Crippen LogP contribution >= 0.6 is 0 Å². The summed E-state index contributed by atoms with van der Waals surface area (Å²) in [5.41, 5.74) is 6.99. The largest absolute Gasteiger partial charge is 0.388 e. The predicted octanol–water partition coefficient (Wildman–Crippen LogP) is 3.32. The molecule has 0 amide bonds. The van der Waals surface area contributed by atoms with Crippen LogP contribution in [0.1, 0.15) is 46.2 Å². The number of aliphatic hydroxyl groups excluding tert-OH is 1. The molecule has 1 N–H and O–H groups in total. The molecule has 0 aliphatic rings. The minimum atomic E-state index is -0.408. The maximum atomic E-state index is 10.4. The van der Waals surface area contributed by atoms with E-state index in [4.69, 9.17) is 0 Å². The topological polar surface area (TPSA) is 38.1 Å². The Bertz CT molecular complexity index is 614. The van der Waals surface area contributed by atoms with Crippen molar-refractivity contribution in [2.45, 2.75) is 46.6 Å². The van der Waals surface area contributed by atoms with Gasteiger partial charge in [0.15, 0.2) is 0 Å². The molecular weight excluding hydrogens is 248 g/mol. The number of aromatic nitrogens is 2. The van der Waals surface area contributed by atoms with Gasteiger partial charge in [-0.15, -0.1) is 0 Å². The van der Waals surface area contributed by atoms with Crippen LogP contribution in [0.15, 0.2) is 18.2 Å². The lowest BCUT2D eigenvalue weighted by molar-refractivity contribution is 0.167. The third-order valence-electron chi connectivity index (χ3n) is 4.33. The van der Waals surface area contributed by atoms with Gasteiger partial charge in [-0.25, -0.2) is 0 Å². The second-order valence-corrected chi connectivity index (χ2v) is 5.62. The van der Waals surface area contributed by atoms with Crippen LogP contribution in [-0.2, 0) is 13.5 Å². The molecule has 20 heavy (non-hydrogen) atoms. The van der Waals surface area contributed by atoms with Crippen molar-refractivity contribution in [1.82, 2.24) is 9.78 Å². The van der Waals surface area contributed by atoms with Gasteiger partial charge in [0, 0.05) is 12.7 Å². The SMILES string of the molecule is Cc1cccc(C(O)CCc2c(C)nn(C)c2C)c1C. The number of aliphatic hydroxyl groups is 1. The monoisotopic (exact) mass is 272 g/mol. The van der Waals surface area contributed by atoms with Crippen molar-refractivity contribution in [2.24, 2.45) is 7.05 Å². The van der Waals surface area contributed by atoms with Crippen molar-refractivity contribution in [1.29, 1.82) is 0 Å². The molecule has 0 bridgehead atoms. The first-order chi connectivity index (χ1) is 9.41. The lowest BCUT2D eigenvalue weighted by atomic mass is 9.95. The normalized spacial score (nSPS) is 12.7. The zero-order chi connectivity index (χ0) is 14.9. The highest BCUT2D eigenvalue weighted by molar-refractivity contribution is 5.35. The summed E-state index contributed by atoms with van der Waals surface area (Å²) in [5.74, 6) is 0. The van der Waals surface area contributed by atoms with Crippen LogP contribution in [-0.4, -0.2) is 14.9 Å². The Balaban J connectivity index is 2.13. The van der Waals surface area contributed by atoms with Crippen LogP contribution in [0.2, 0.25) is 0 Å². The molecule has 0 saturated carbocycles. The van der Waals surface area contributed by atoms with Gasteiger partial charge in [-0.05, 0) is 62.8 Å². The fourth-order valence-corrected chi connectivity index (χ4v) is 2.75. The number of rotatable bonds is 4. The highest BCUT2D eigenvalue weighted by atomic mass is 16.3. The minimum Gasteiger partial charge on any atom is -0.388 e. The van der Waals surface area contributed by atoms with Crippen LogP contribution in [0.25, 0.3) is 0 Å². The van der Waals surface area contributed by atoms with Gasteiger partial charge in [-0.1, -0.05) is 18.2 Å². The van der Waals surface area contributed by atoms with Crippen molar-refractivity contribution in [3.8, 4) is 0 Å². The molecule has 0 saturated heterocycles. The summed E-state index contributed by atoms with van der Waals surface area (Å²) in [6.07, 6.45) is 1.19. The van der Waals surface area contributed by atoms with E-state index in [9.17, 15) is 5.11 Å². The smallest absolute Gasteiger partial charge is 0.0795 e. The number of nitrogens with zero attached hydrogens (tertiary/aromatic N) is 2. The molecule has 0 aliphatic heterocycles. The highest BCUT2D eigenvalue weighted by Gasteiger charge is 2.15. The third-order valence-corrected chi connectivity index (χ3v) is 4.33. The average molecular weight is 272 g/mol. The van der Waals surface area contributed by atoms with E-state index in [-0.39, 0.29) is 0 Å². The van der Waals surface area contributed by atoms with E-state index in [0.29, 0.717) is 0 Å². The van der Waals surface area contributed by atoms with E-state index in [1.54, 1.807) is 0 Å². The lowest BCUT2D eigenvalue weighted by Gasteiger charge is -2.15. The first kappa shape index (κ1) is 14.8. The molecule has 0 aliphatic carbocycles. The predicted molar refractivity (Wildman–Crippen MR) is 81.9 cm³/mol. The highest BCUT2D eigenvalue weighted by Crippen LogP contribution is 2.25. The number of benzene rings is 1. The first-order valence-corrected chi connectivity index (χ1v) is 7.15. The molecule has 3 nitrogen and oxygen atoms in total. The zero-order valence-electron chi connectivity index (χ0n) is 13.1. The van der Waals surface area contributed by atoms with Gasteiger partial charge in [-0.2, -0.15) is 5.10 Å².